The molecule has 162 valence electrons. The van der Waals surface area contributed by atoms with E-state index in [4.69, 9.17) is 0 Å². The fourth-order valence-electron chi connectivity index (χ4n) is 3.04. The Morgan fingerprint density at radius 1 is 1.03 bits per heavy atom. The normalized spacial score (nSPS) is 14.5. The minimum Gasteiger partial charge on any atom is -0.350 e. The van der Waals surface area contributed by atoms with E-state index in [-0.39, 0.29) is 47.8 Å². The van der Waals surface area contributed by atoms with Crippen molar-refractivity contribution in [3.8, 4) is 0 Å². The predicted molar refractivity (Wildman–Crippen MR) is 120 cm³/mol. The number of imide groups is 1. The Labute approximate surface area is 185 Å². The number of carbonyl (C=O) groups excluding carboxylic acids is 4. The maximum Gasteiger partial charge on any atom is 0.289 e. The molecule has 0 aromatic heterocycles. The summed E-state index contributed by atoms with van der Waals surface area (Å²) in [6, 6.07) is 14.1. The van der Waals surface area contributed by atoms with Crippen LogP contribution in [0.3, 0.4) is 0 Å². The summed E-state index contributed by atoms with van der Waals surface area (Å²) in [7, 11) is 0. The van der Waals surface area contributed by atoms with Gasteiger partial charge in [0.15, 0.2) is 0 Å². The first-order valence-corrected chi connectivity index (χ1v) is 11.1. The van der Waals surface area contributed by atoms with Gasteiger partial charge < -0.3 is 10.6 Å². The van der Waals surface area contributed by atoms with Crippen LogP contribution in [-0.4, -0.2) is 39.7 Å². The SMILES string of the molecule is CCC(C)NC(=O)c1cccc(CNC(=O)c2cccc(CN3C(=O)CSC3=O)c2)c1. The van der Waals surface area contributed by atoms with Crippen LogP contribution in [0.2, 0.25) is 0 Å². The summed E-state index contributed by atoms with van der Waals surface area (Å²) < 4.78 is 0. The van der Waals surface area contributed by atoms with E-state index in [0.29, 0.717) is 16.7 Å². The maximum absolute atomic E-state index is 12.6. The van der Waals surface area contributed by atoms with E-state index in [0.717, 1.165) is 23.7 Å². The Kier molecular flexibility index (Phi) is 7.46. The summed E-state index contributed by atoms with van der Waals surface area (Å²) in [4.78, 5) is 49.7. The first-order chi connectivity index (χ1) is 14.9. The average Bonchev–Trinajstić information content (AvgIpc) is 3.09. The molecule has 1 atom stereocenters. The monoisotopic (exact) mass is 439 g/mol. The molecule has 2 aromatic rings. The quantitative estimate of drug-likeness (QED) is 0.658. The van der Waals surface area contributed by atoms with Crippen LogP contribution in [0, 0.1) is 0 Å². The van der Waals surface area contributed by atoms with Gasteiger partial charge in [-0.2, -0.15) is 0 Å². The van der Waals surface area contributed by atoms with E-state index in [2.05, 4.69) is 10.6 Å². The zero-order valence-electron chi connectivity index (χ0n) is 17.5. The van der Waals surface area contributed by atoms with Crippen molar-refractivity contribution < 1.29 is 19.2 Å². The molecule has 1 heterocycles. The third-order valence-corrected chi connectivity index (χ3v) is 5.86. The highest BCUT2D eigenvalue weighted by Gasteiger charge is 2.29. The van der Waals surface area contributed by atoms with Crippen molar-refractivity contribution in [2.24, 2.45) is 0 Å². The zero-order chi connectivity index (χ0) is 22.4. The van der Waals surface area contributed by atoms with Gasteiger partial charge in [0.2, 0.25) is 5.91 Å². The van der Waals surface area contributed by atoms with Crippen molar-refractivity contribution in [3.05, 3.63) is 70.8 Å². The molecule has 8 heteroatoms. The van der Waals surface area contributed by atoms with Crippen LogP contribution in [0.5, 0.6) is 0 Å². The van der Waals surface area contributed by atoms with Crippen molar-refractivity contribution in [1.29, 1.82) is 0 Å². The number of carbonyl (C=O) groups is 4. The lowest BCUT2D eigenvalue weighted by molar-refractivity contribution is -0.125. The van der Waals surface area contributed by atoms with Crippen LogP contribution in [0.25, 0.3) is 0 Å². The second-order valence-electron chi connectivity index (χ2n) is 7.40. The maximum atomic E-state index is 12.6. The Morgan fingerprint density at radius 3 is 2.32 bits per heavy atom. The van der Waals surface area contributed by atoms with E-state index in [9.17, 15) is 19.2 Å². The smallest absolute Gasteiger partial charge is 0.289 e. The largest absolute Gasteiger partial charge is 0.350 e. The molecular formula is C23H25N3O4S. The Bertz CT molecular complexity index is 992. The molecular weight excluding hydrogens is 414 g/mol. The molecule has 1 saturated heterocycles. The molecule has 7 nitrogen and oxygen atoms in total. The number of nitrogens with one attached hydrogen (secondary N) is 2. The van der Waals surface area contributed by atoms with Crippen LogP contribution in [0.4, 0.5) is 4.79 Å². The van der Waals surface area contributed by atoms with E-state index in [1.54, 1.807) is 42.5 Å². The fraction of sp³-hybridized carbons (Fsp3) is 0.304. The number of nitrogens with zero attached hydrogens (tertiary/aromatic N) is 1. The first-order valence-electron chi connectivity index (χ1n) is 10.1. The van der Waals surface area contributed by atoms with Gasteiger partial charge in [-0.25, -0.2) is 0 Å². The van der Waals surface area contributed by atoms with Crippen LogP contribution < -0.4 is 10.6 Å². The molecule has 0 radical (unpaired) electrons. The topological polar surface area (TPSA) is 95.6 Å². The van der Waals surface area contributed by atoms with Crippen molar-refractivity contribution in [3.63, 3.8) is 0 Å². The molecule has 1 unspecified atom stereocenters. The molecule has 4 amide bonds. The predicted octanol–water partition coefficient (Wildman–Crippen LogP) is 3.34. The number of hydrogen-bond acceptors (Lipinski definition) is 5. The van der Waals surface area contributed by atoms with Crippen molar-refractivity contribution in [2.45, 2.75) is 39.4 Å². The van der Waals surface area contributed by atoms with Crippen LogP contribution in [0.1, 0.15) is 52.1 Å². The van der Waals surface area contributed by atoms with E-state index in [1.165, 1.54) is 4.90 Å². The van der Waals surface area contributed by atoms with Crippen molar-refractivity contribution >= 4 is 34.7 Å². The van der Waals surface area contributed by atoms with Gasteiger partial charge in [0, 0.05) is 23.7 Å². The number of hydrogen-bond donors (Lipinski definition) is 2. The molecule has 1 aliphatic heterocycles. The van der Waals surface area contributed by atoms with Crippen LogP contribution >= 0.6 is 11.8 Å². The lowest BCUT2D eigenvalue weighted by Crippen LogP contribution is -2.32. The van der Waals surface area contributed by atoms with Crippen molar-refractivity contribution in [2.75, 3.05) is 5.75 Å². The third-order valence-electron chi connectivity index (χ3n) is 5.00. The average molecular weight is 440 g/mol. The van der Waals surface area contributed by atoms with E-state index < -0.39 is 0 Å². The van der Waals surface area contributed by atoms with E-state index >= 15 is 0 Å². The minimum atomic E-state index is -0.273. The zero-order valence-corrected chi connectivity index (χ0v) is 18.3. The summed E-state index contributed by atoms with van der Waals surface area (Å²) >= 11 is 0.986. The van der Waals surface area contributed by atoms with Gasteiger partial charge in [0.1, 0.15) is 0 Å². The second kappa shape index (κ2) is 10.3. The lowest BCUT2D eigenvalue weighted by Gasteiger charge is -2.14. The molecule has 0 saturated carbocycles. The van der Waals surface area contributed by atoms with Gasteiger partial charge in [-0.15, -0.1) is 0 Å². The summed E-state index contributed by atoms with van der Waals surface area (Å²) in [6.45, 7) is 4.38. The highest BCUT2D eigenvalue weighted by Crippen LogP contribution is 2.21. The van der Waals surface area contributed by atoms with Gasteiger partial charge in [0.05, 0.1) is 12.3 Å². The summed E-state index contributed by atoms with van der Waals surface area (Å²) in [5.74, 6) is -0.473. The first kappa shape index (κ1) is 22.6. The third kappa shape index (κ3) is 5.95. The second-order valence-corrected chi connectivity index (χ2v) is 8.33. The van der Waals surface area contributed by atoms with Gasteiger partial charge in [0.25, 0.3) is 17.1 Å². The van der Waals surface area contributed by atoms with Gasteiger partial charge >= 0.3 is 0 Å². The number of thioether (sulfide) groups is 1. The lowest BCUT2D eigenvalue weighted by atomic mass is 10.1. The molecule has 2 aromatic carbocycles. The number of rotatable bonds is 8. The molecule has 3 rings (SSSR count). The molecule has 1 fully saturated rings. The van der Waals surface area contributed by atoms with Gasteiger partial charge in [-0.1, -0.05) is 43.0 Å². The molecule has 1 aliphatic rings. The van der Waals surface area contributed by atoms with Gasteiger partial charge in [-0.3, -0.25) is 24.1 Å². The Hall–Kier alpha value is -3.13. The molecule has 2 N–H and O–H groups in total. The Balaban J connectivity index is 1.61. The molecule has 0 aliphatic carbocycles. The highest BCUT2D eigenvalue weighted by atomic mass is 32.2. The van der Waals surface area contributed by atoms with Crippen LogP contribution in [0.15, 0.2) is 48.5 Å². The summed E-state index contributed by atoms with van der Waals surface area (Å²) in [6.07, 6.45) is 0.847. The molecule has 0 spiro atoms. The van der Waals surface area contributed by atoms with Gasteiger partial charge in [-0.05, 0) is 48.7 Å². The minimum absolute atomic E-state index is 0.0906. The summed E-state index contributed by atoms with van der Waals surface area (Å²) in [5, 5.41) is 5.51. The van der Waals surface area contributed by atoms with E-state index in [1.807, 2.05) is 19.9 Å². The van der Waals surface area contributed by atoms with Crippen molar-refractivity contribution in [1.82, 2.24) is 15.5 Å². The Morgan fingerprint density at radius 2 is 1.68 bits per heavy atom. The highest BCUT2D eigenvalue weighted by molar-refractivity contribution is 8.14. The molecule has 31 heavy (non-hydrogen) atoms. The number of benzene rings is 2. The standard InChI is InChI=1S/C23H25N3O4S/c1-3-15(2)25-22(29)19-9-4-6-16(10-19)12-24-21(28)18-8-5-7-17(11-18)13-26-20(27)14-31-23(26)30/h4-11,15H,3,12-14H2,1-2H3,(H,24,28)(H,25,29). The molecule has 0 bridgehead atoms. The fourth-order valence-corrected chi connectivity index (χ4v) is 3.77. The summed E-state index contributed by atoms with van der Waals surface area (Å²) in [5.41, 5.74) is 2.51. The van der Waals surface area contributed by atoms with Crippen LogP contribution in [-0.2, 0) is 17.9 Å². The number of amides is 4.